The lowest BCUT2D eigenvalue weighted by Crippen LogP contribution is -2.51. The normalized spacial score (nSPS) is 14.7. The molecule has 0 N–H and O–H groups in total. The molecule has 1 saturated heterocycles. The van der Waals surface area contributed by atoms with E-state index in [1.165, 1.54) is 0 Å². The number of methoxy groups -OCH3 is 1. The highest BCUT2D eigenvalue weighted by molar-refractivity contribution is 5.94. The molecule has 1 fully saturated rings. The van der Waals surface area contributed by atoms with Gasteiger partial charge in [0.2, 0.25) is 5.91 Å². The maximum Gasteiger partial charge on any atom is 0.254 e. The largest absolute Gasteiger partial charge is 0.496 e. The van der Waals surface area contributed by atoms with Gasteiger partial charge in [-0.2, -0.15) is 0 Å². The van der Waals surface area contributed by atoms with Crippen LogP contribution in [-0.2, 0) is 11.3 Å². The number of ether oxygens (including phenoxy) is 1. The molecule has 1 aromatic carbocycles. The van der Waals surface area contributed by atoms with Crippen LogP contribution in [0, 0.1) is 13.8 Å². The predicted molar refractivity (Wildman–Crippen MR) is 110 cm³/mol. The Morgan fingerprint density at radius 2 is 1.83 bits per heavy atom. The third-order valence-electron chi connectivity index (χ3n) is 5.29. The van der Waals surface area contributed by atoms with Gasteiger partial charge in [-0.05, 0) is 43.7 Å². The molecule has 7 nitrogen and oxygen atoms in total. The van der Waals surface area contributed by atoms with Crippen molar-refractivity contribution >= 4 is 11.8 Å². The minimum absolute atomic E-state index is 0.000385. The molecule has 29 heavy (non-hydrogen) atoms. The van der Waals surface area contributed by atoms with Gasteiger partial charge in [0.15, 0.2) is 0 Å². The summed E-state index contributed by atoms with van der Waals surface area (Å²) in [5.74, 6) is 2.38. The Labute approximate surface area is 171 Å². The van der Waals surface area contributed by atoms with Crippen LogP contribution in [0.15, 0.2) is 34.7 Å². The van der Waals surface area contributed by atoms with Gasteiger partial charge in [0, 0.05) is 38.8 Å². The van der Waals surface area contributed by atoms with Crippen molar-refractivity contribution in [2.24, 2.45) is 0 Å². The van der Waals surface area contributed by atoms with Crippen molar-refractivity contribution in [1.29, 1.82) is 0 Å². The Balaban J connectivity index is 1.49. The summed E-state index contributed by atoms with van der Waals surface area (Å²) in [5.41, 5.74) is 1.63. The van der Waals surface area contributed by atoms with Crippen LogP contribution in [0.25, 0.3) is 0 Å². The quantitative estimate of drug-likeness (QED) is 0.746. The molecule has 1 aliphatic rings. The van der Waals surface area contributed by atoms with E-state index in [0.717, 1.165) is 22.8 Å². The number of hydrogen-bond acceptors (Lipinski definition) is 5. The maximum absolute atomic E-state index is 12.8. The summed E-state index contributed by atoms with van der Waals surface area (Å²) < 4.78 is 10.9. The Morgan fingerprint density at radius 1 is 1.10 bits per heavy atom. The smallest absolute Gasteiger partial charge is 0.254 e. The number of rotatable bonds is 6. The number of aryl methyl sites for hydroxylation is 2. The topological polar surface area (TPSA) is 66.2 Å². The van der Waals surface area contributed by atoms with Gasteiger partial charge < -0.3 is 19.0 Å². The fourth-order valence-electron chi connectivity index (χ4n) is 3.45. The zero-order valence-corrected chi connectivity index (χ0v) is 17.6. The Morgan fingerprint density at radius 3 is 2.45 bits per heavy atom. The van der Waals surface area contributed by atoms with Gasteiger partial charge >= 0.3 is 0 Å². The van der Waals surface area contributed by atoms with Crippen molar-refractivity contribution in [3.63, 3.8) is 0 Å². The monoisotopic (exact) mass is 399 g/mol. The molecular weight excluding hydrogens is 370 g/mol. The number of carbonyl (C=O) groups is 2. The van der Waals surface area contributed by atoms with Gasteiger partial charge in [-0.15, -0.1) is 0 Å². The standard InChI is InChI=1S/C22H29N3O4/c1-16-5-7-18(13-20(16)28-4)22(27)25-11-9-24(10-12-25)15-21(26)23(3)14-19-8-6-17(2)29-19/h5-8,13H,9-12,14-15H2,1-4H3. The molecule has 0 unspecified atom stereocenters. The predicted octanol–water partition coefficient (Wildman–Crippen LogP) is 2.32. The Bertz CT molecular complexity index is 869. The van der Waals surface area contributed by atoms with Gasteiger partial charge in [0.1, 0.15) is 17.3 Å². The molecule has 3 rings (SSSR count). The first-order chi connectivity index (χ1) is 13.9. The van der Waals surface area contributed by atoms with E-state index in [4.69, 9.17) is 9.15 Å². The van der Waals surface area contributed by atoms with Crippen LogP contribution in [0.3, 0.4) is 0 Å². The van der Waals surface area contributed by atoms with Crippen LogP contribution in [0.5, 0.6) is 5.75 Å². The van der Waals surface area contributed by atoms with E-state index in [2.05, 4.69) is 4.90 Å². The third-order valence-corrected chi connectivity index (χ3v) is 5.29. The van der Waals surface area contributed by atoms with E-state index in [-0.39, 0.29) is 11.8 Å². The lowest BCUT2D eigenvalue weighted by atomic mass is 10.1. The average molecular weight is 399 g/mol. The lowest BCUT2D eigenvalue weighted by molar-refractivity contribution is -0.132. The Hall–Kier alpha value is -2.80. The number of carbonyl (C=O) groups excluding carboxylic acids is 2. The summed E-state index contributed by atoms with van der Waals surface area (Å²) in [4.78, 5) is 30.9. The van der Waals surface area contributed by atoms with Crippen molar-refractivity contribution in [1.82, 2.24) is 14.7 Å². The number of likely N-dealkylation sites (N-methyl/N-ethyl adjacent to an activating group) is 1. The number of benzene rings is 1. The van der Waals surface area contributed by atoms with Crippen molar-refractivity contribution < 1.29 is 18.7 Å². The lowest BCUT2D eigenvalue weighted by Gasteiger charge is -2.35. The second-order valence-electron chi connectivity index (χ2n) is 7.51. The Kier molecular flexibility index (Phi) is 6.59. The molecule has 2 aromatic rings. The van der Waals surface area contributed by atoms with Crippen LogP contribution < -0.4 is 4.74 Å². The van der Waals surface area contributed by atoms with Gasteiger partial charge in [-0.1, -0.05) is 6.07 Å². The van der Waals surface area contributed by atoms with Crippen LogP contribution in [0.2, 0.25) is 0 Å². The average Bonchev–Trinajstić information content (AvgIpc) is 3.13. The van der Waals surface area contributed by atoms with Crippen molar-refractivity contribution in [2.75, 3.05) is 46.9 Å². The van der Waals surface area contributed by atoms with E-state index >= 15 is 0 Å². The molecule has 1 aliphatic heterocycles. The first kappa shape index (κ1) is 20.9. The molecule has 0 radical (unpaired) electrons. The molecule has 2 heterocycles. The summed E-state index contributed by atoms with van der Waals surface area (Å²) in [7, 11) is 3.39. The zero-order valence-electron chi connectivity index (χ0n) is 17.6. The first-order valence-electron chi connectivity index (χ1n) is 9.83. The van der Waals surface area contributed by atoms with E-state index in [9.17, 15) is 9.59 Å². The third kappa shape index (κ3) is 5.17. The van der Waals surface area contributed by atoms with E-state index in [0.29, 0.717) is 44.8 Å². The molecule has 156 valence electrons. The molecule has 0 atom stereocenters. The minimum Gasteiger partial charge on any atom is -0.496 e. The zero-order chi connectivity index (χ0) is 21.0. The molecule has 0 bridgehead atoms. The van der Waals surface area contributed by atoms with Crippen LogP contribution in [0.4, 0.5) is 0 Å². The minimum atomic E-state index is -0.000385. The summed E-state index contributed by atoms with van der Waals surface area (Å²) >= 11 is 0. The highest BCUT2D eigenvalue weighted by atomic mass is 16.5. The van der Waals surface area contributed by atoms with Gasteiger partial charge in [-0.3, -0.25) is 14.5 Å². The number of amides is 2. The van der Waals surface area contributed by atoms with Crippen LogP contribution >= 0.6 is 0 Å². The number of furan rings is 1. The summed E-state index contributed by atoms with van der Waals surface area (Å²) in [6, 6.07) is 9.31. The summed E-state index contributed by atoms with van der Waals surface area (Å²) in [6.07, 6.45) is 0. The fraction of sp³-hybridized carbons (Fsp3) is 0.455. The molecule has 7 heteroatoms. The molecule has 1 aromatic heterocycles. The van der Waals surface area contributed by atoms with E-state index in [1.807, 2.05) is 43.0 Å². The van der Waals surface area contributed by atoms with E-state index < -0.39 is 0 Å². The van der Waals surface area contributed by atoms with Gasteiger partial charge in [0.05, 0.1) is 20.2 Å². The van der Waals surface area contributed by atoms with Crippen molar-refractivity contribution in [3.8, 4) is 5.75 Å². The fourth-order valence-corrected chi connectivity index (χ4v) is 3.45. The molecule has 2 amide bonds. The van der Waals surface area contributed by atoms with Crippen LogP contribution in [0.1, 0.15) is 27.4 Å². The molecule has 0 aliphatic carbocycles. The maximum atomic E-state index is 12.8. The number of nitrogens with zero attached hydrogens (tertiary/aromatic N) is 3. The van der Waals surface area contributed by atoms with Crippen molar-refractivity contribution in [2.45, 2.75) is 20.4 Å². The highest BCUT2D eigenvalue weighted by Gasteiger charge is 2.24. The first-order valence-corrected chi connectivity index (χ1v) is 9.83. The van der Waals surface area contributed by atoms with Crippen LogP contribution in [-0.4, -0.2) is 73.4 Å². The second-order valence-corrected chi connectivity index (χ2v) is 7.51. The SMILES string of the molecule is COc1cc(C(=O)N2CCN(CC(=O)N(C)Cc3ccc(C)o3)CC2)ccc1C. The highest BCUT2D eigenvalue weighted by Crippen LogP contribution is 2.20. The number of hydrogen-bond donors (Lipinski definition) is 0. The number of piperazine rings is 1. The van der Waals surface area contributed by atoms with E-state index in [1.54, 1.807) is 25.1 Å². The summed E-state index contributed by atoms with van der Waals surface area (Å²) in [5, 5.41) is 0. The van der Waals surface area contributed by atoms with Crippen molar-refractivity contribution in [3.05, 3.63) is 53.0 Å². The molecule has 0 spiro atoms. The van der Waals surface area contributed by atoms with Gasteiger partial charge in [-0.25, -0.2) is 0 Å². The second kappa shape index (κ2) is 9.13. The molecular formula is C22H29N3O4. The summed E-state index contributed by atoms with van der Waals surface area (Å²) in [6.45, 7) is 7.19. The van der Waals surface area contributed by atoms with Gasteiger partial charge in [0.25, 0.3) is 5.91 Å². The molecule has 0 saturated carbocycles.